The first kappa shape index (κ1) is 14.4. The molecule has 1 aromatic heterocycles. The maximum Gasteiger partial charge on any atom is 0.174 e. The molecule has 112 valence electrons. The molecule has 0 saturated heterocycles. The molecule has 0 atom stereocenters. The predicted octanol–water partition coefficient (Wildman–Crippen LogP) is 4.08. The van der Waals surface area contributed by atoms with Crippen molar-refractivity contribution in [1.82, 2.24) is 9.97 Å². The highest BCUT2D eigenvalue weighted by molar-refractivity contribution is 6.33. The molecule has 3 rings (SSSR count). The maximum absolute atomic E-state index is 6.23. The lowest BCUT2D eigenvalue weighted by molar-refractivity contribution is 0.415. The number of para-hydroxylation sites is 2. The lowest BCUT2D eigenvalue weighted by Crippen LogP contribution is -2.03. The Labute approximate surface area is 133 Å². The van der Waals surface area contributed by atoms with Gasteiger partial charge in [0.05, 0.1) is 28.9 Å². The zero-order valence-corrected chi connectivity index (χ0v) is 13.0. The normalized spacial score (nSPS) is 10.5. The van der Waals surface area contributed by atoms with Crippen LogP contribution in [0.3, 0.4) is 0 Å². The summed E-state index contributed by atoms with van der Waals surface area (Å²) < 4.78 is 5.22. The quantitative estimate of drug-likeness (QED) is 0.760. The van der Waals surface area contributed by atoms with Crippen molar-refractivity contribution in [2.24, 2.45) is 0 Å². The van der Waals surface area contributed by atoms with Gasteiger partial charge in [0.2, 0.25) is 0 Å². The summed E-state index contributed by atoms with van der Waals surface area (Å²) in [5.74, 6) is 1.97. The number of anilines is 3. The molecule has 0 fully saturated rings. The second kappa shape index (κ2) is 6.07. The van der Waals surface area contributed by atoms with Crippen LogP contribution in [0.4, 0.5) is 17.3 Å². The summed E-state index contributed by atoms with van der Waals surface area (Å²) in [6, 6.07) is 13.1. The van der Waals surface area contributed by atoms with Gasteiger partial charge in [-0.25, -0.2) is 9.97 Å². The van der Waals surface area contributed by atoms with Crippen molar-refractivity contribution >= 4 is 40.0 Å². The lowest BCUT2D eigenvalue weighted by Gasteiger charge is -2.13. The minimum Gasteiger partial charge on any atom is -0.497 e. The van der Waals surface area contributed by atoms with Crippen LogP contribution >= 0.6 is 11.6 Å². The Balaban J connectivity index is 2.06. The third-order valence-corrected chi connectivity index (χ3v) is 3.56. The number of aromatic nitrogens is 2. The minimum atomic E-state index is 0.581. The third-order valence-electron chi connectivity index (χ3n) is 3.23. The summed E-state index contributed by atoms with van der Waals surface area (Å²) in [5, 5.41) is 6.84. The van der Waals surface area contributed by atoms with Crippen LogP contribution in [0.1, 0.15) is 0 Å². The zero-order valence-electron chi connectivity index (χ0n) is 12.2. The highest BCUT2D eigenvalue weighted by Gasteiger charge is 2.10. The number of methoxy groups -OCH3 is 1. The summed E-state index contributed by atoms with van der Waals surface area (Å²) in [5.41, 5.74) is 2.35. The smallest absolute Gasteiger partial charge is 0.174 e. The van der Waals surface area contributed by atoms with Crippen LogP contribution in [0.2, 0.25) is 5.02 Å². The van der Waals surface area contributed by atoms with Crippen LogP contribution in [-0.2, 0) is 0 Å². The molecule has 0 amide bonds. The predicted molar refractivity (Wildman–Crippen MR) is 90.4 cm³/mol. The number of ether oxygens (including phenoxy) is 1. The van der Waals surface area contributed by atoms with E-state index in [1.807, 2.05) is 30.3 Å². The molecule has 2 N–H and O–H groups in total. The largest absolute Gasteiger partial charge is 0.497 e. The number of hydrogen-bond donors (Lipinski definition) is 2. The first-order valence-corrected chi connectivity index (χ1v) is 7.14. The Bertz CT molecular complexity index is 822. The Morgan fingerprint density at radius 1 is 1.00 bits per heavy atom. The van der Waals surface area contributed by atoms with Crippen LogP contribution in [0.15, 0.2) is 42.5 Å². The van der Waals surface area contributed by atoms with E-state index in [2.05, 4.69) is 20.6 Å². The fourth-order valence-electron chi connectivity index (χ4n) is 2.12. The third kappa shape index (κ3) is 2.76. The average molecular weight is 315 g/mol. The van der Waals surface area contributed by atoms with Crippen LogP contribution in [0.5, 0.6) is 5.75 Å². The molecule has 5 nitrogen and oxygen atoms in total. The first-order valence-electron chi connectivity index (χ1n) is 6.76. The van der Waals surface area contributed by atoms with E-state index < -0.39 is 0 Å². The molecular weight excluding hydrogens is 300 g/mol. The van der Waals surface area contributed by atoms with Crippen molar-refractivity contribution in [3.8, 4) is 5.75 Å². The average Bonchev–Trinajstić information content (AvgIpc) is 2.56. The number of benzene rings is 2. The van der Waals surface area contributed by atoms with Gasteiger partial charge >= 0.3 is 0 Å². The fraction of sp³-hybridized carbons (Fsp3) is 0.125. The molecule has 0 bridgehead atoms. The van der Waals surface area contributed by atoms with Crippen LogP contribution in [0.25, 0.3) is 11.0 Å². The molecule has 0 saturated carbocycles. The Morgan fingerprint density at radius 3 is 2.32 bits per heavy atom. The van der Waals surface area contributed by atoms with Crippen molar-refractivity contribution < 1.29 is 4.74 Å². The van der Waals surface area contributed by atoms with E-state index in [0.717, 1.165) is 11.0 Å². The minimum absolute atomic E-state index is 0.581. The van der Waals surface area contributed by atoms with Crippen molar-refractivity contribution in [2.45, 2.75) is 0 Å². The summed E-state index contributed by atoms with van der Waals surface area (Å²) in [6.45, 7) is 0. The molecule has 0 aliphatic carbocycles. The van der Waals surface area contributed by atoms with Crippen molar-refractivity contribution in [3.05, 3.63) is 47.5 Å². The first-order chi connectivity index (χ1) is 10.7. The molecule has 6 heteroatoms. The number of nitrogens with one attached hydrogen (secondary N) is 2. The van der Waals surface area contributed by atoms with Gasteiger partial charge in [0.25, 0.3) is 0 Å². The van der Waals surface area contributed by atoms with Gasteiger partial charge in [-0.2, -0.15) is 0 Å². The molecule has 0 radical (unpaired) electrons. The highest BCUT2D eigenvalue weighted by Crippen LogP contribution is 2.31. The topological polar surface area (TPSA) is 59.1 Å². The van der Waals surface area contributed by atoms with E-state index in [0.29, 0.717) is 28.1 Å². The molecule has 1 heterocycles. The Hall–Kier alpha value is -2.53. The van der Waals surface area contributed by atoms with Crippen molar-refractivity contribution in [2.75, 3.05) is 24.8 Å². The number of halogens is 1. The van der Waals surface area contributed by atoms with Gasteiger partial charge in [0, 0.05) is 13.1 Å². The van der Waals surface area contributed by atoms with E-state index >= 15 is 0 Å². The van der Waals surface area contributed by atoms with Crippen LogP contribution in [-0.4, -0.2) is 24.1 Å². The van der Waals surface area contributed by atoms with Gasteiger partial charge in [-0.15, -0.1) is 0 Å². The van der Waals surface area contributed by atoms with E-state index in [-0.39, 0.29) is 0 Å². The molecule has 0 aliphatic rings. The summed E-state index contributed by atoms with van der Waals surface area (Å²) in [6.07, 6.45) is 0. The zero-order chi connectivity index (χ0) is 15.5. The molecular formula is C16H15ClN4O. The highest BCUT2D eigenvalue weighted by atomic mass is 35.5. The monoisotopic (exact) mass is 314 g/mol. The SMILES string of the molecule is CNc1nc2ccccc2nc1Nc1cc(OC)ccc1Cl. The van der Waals surface area contributed by atoms with Gasteiger partial charge in [-0.3, -0.25) is 0 Å². The lowest BCUT2D eigenvalue weighted by atomic mass is 10.3. The Kier molecular flexibility index (Phi) is 3.98. The maximum atomic E-state index is 6.23. The molecule has 22 heavy (non-hydrogen) atoms. The number of nitrogens with zero attached hydrogens (tertiary/aromatic N) is 2. The molecule has 2 aromatic carbocycles. The van der Waals surface area contributed by atoms with E-state index in [9.17, 15) is 0 Å². The van der Waals surface area contributed by atoms with Gasteiger partial charge in [0.1, 0.15) is 5.75 Å². The molecule has 3 aromatic rings. The van der Waals surface area contributed by atoms with E-state index in [1.165, 1.54) is 0 Å². The van der Waals surface area contributed by atoms with Gasteiger partial charge in [-0.1, -0.05) is 23.7 Å². The number of rotatable bonds is 4. The van der Waals surface area contributed by atoms with Gasteiger partial charge < -0.3 is 15.4 Å². The number of fused-ring (bicyclic) bond motifs is 1. The van der Waals surface area contributed by atoms with Crippen LogP contribution in [0, 0.1) is 0 Å². The van der Waals surface area contributed by atoms with Gasteiger partial charge in [-0.05, 0) is 24.3 Å². The van der Waals surface area contributed by atoms with Gasteiger partial charge in [0.15, 0.2) is 11.6 Å². The van der Waals surface area contributed by atoms with Crippen LogP contribution < -0.4 is 15.4 Å². The summed E-state index contributed by atoms with van der Waals surface area (Å²) in [4.78, 5) is 9.15. The molecule has 0 spiro atoms. The number of hydrogen-bond acceptors (Lipinski definition) is 5. The fourth-order valence-corrected chi connectivity index (χ4v) is 2.28. The second-order valence-electron chi connectivity index (χ2n) is 4.63. The van der Waals surface area contributed by atoms with E-state index in [1.54, 1.807) is 26.3 Å². The van der Waals surface area contributed by atoms with Crippen molar-refractivity contribution in [1.29, 1.82) is 0 Å². The molecule has 0 aliphatic heterocycles. The standard InChI is InChI=1S/C16H15ClN4O/c1-18-15-16(20-13-6-4-3-5-12(13)19-15)21-14-9-10(22-2)7-8-11(14)17/h3-9H,1-2H3,(H,18,19)(H,20,21). The molecule has 0 unspecified atom stereocenters. The Morgan fingerprint density at radius 2 is 1.68 bits per heavy atom. The summed E-state index contributed by atoms with van der Waals surface area (Å²) >= 11 is 6.23. The summed E-state index contributed by atoms with van der Waals surface area (Å²) in [7, 11) is 3.42. The second-order valence-corrected chi connectivity index (χ2v) is 5.04. The van der Waals surface area contributed by atoms with E-state index in [4.69, 9.17) is 16.3 Å². The van der Waals surface area contributed by atoms with Crippen molar-refractivity contribution in [3.63, 3.8) is 0 Å².